The van der Waals surface area contributed by atoms with Crippen LogP contribution in [0.3, 0.4) is 0 Å². The van der Waals surface area contributed by atoms with Crippen LogP contribution in [0.5, 0.6) is 5.75 Å². The Bertz CT molecular complexity index is 593. The maximum atomic E-state index is 6.05. The highest BCUT2D eigenvalue weighted by atomic mass is 16.5. The van der Waals surface area contributed by atoms with E-state index < -0.39 is 0 Å². The van der Waals surface area contributed by atoms with Crippen molar-refractivity contribution < 1.29 is 4.74 Å². The first kappa shape index (κ1) is 12.2. The predicted octanol–water partition coefficient (Wildman–Crippen LogP) is 1.69. The number of nitrogens with one attached hydrogen (secondary N) is 1. The van der Waals surface area contributed by atoms with Crippen molar-refractivity contribution in [3.63, 3.8) is 0 Å². The number of nitrogen functional groups attached to an aromatic ring is 1. The van der Waals surface area contributed by atoms with Crippen molar-refractivity contribution in [2.45, 2.75) is 18.8 Å². The molecule has 1 aromatic heterocycles. The van der Waals surface area contributed by atoms with Crippen molar-refractivity contribution in [3.05, 3.63) is 24.2 Å². The molecule has 3 N–H and O–H groups in total. The van der Waals surface area contributed by atoms with Crippen LogP contribution in [0.25, 0.3) is 10.9 Å². The van der Waals surface area contributed by atoms with Gasteiger partial charge in [-0.15, -0.1) is 0 Å². The molecule has 2 heterocycles. The number of benzene rings is 1. The number of methoxy groups -OCH3 is 1. The lowest BCUT2D eigenvalue weighted by molar-refractivity contribution is 0.415. The van der Waals surface area contributed by atoms with E-state index in [0.717, 1.165) is 48.3 Å². The van der Waals surface area contributed by atoms with E-state index >= 15 is 0 Å². The van der Waals surface area contributed by atoms with Gasteiger partial charge in [-0.3, -0.25) is 0 Å². The molecule has 0 aliphatic carbocycles. The van der Waals surface area contributed by atoms with Gasteiger partial charge in [-0.25, -0.2) is 9.97 Å². The zero-order chi connectivity index (χ0) is 13.2. The summed E-state index contributed by atoms with van der Waals surface area (Å²) in [6.07, 6.45) is 3.81. The molecule has 0 spiro atoms. The van der Waals surface area contributed by atoms with Gasteiger partial charge in [-0.1, -0.05) is 0 Å². The predicted molar refractivity (Wildman–Crippen MR) is 75.3 cm³/mol. The summed E-state index contributed by atoms with van der Waals surface area (Å²) in [5, 5.41) is 4.39. The maximum absolute atomic E-state index is 6.05. The first-order chi connectivity index (χ1) is 9.29. The van der Waals surface area contributed by atoms with Gasteiger partial charge in [0.25, 0.3) is 0 Å². The molecule has 1 aliphatic heterocycles. The highest BCUT2D eigenvalue weighted by Crippen LogP contribution is 2.33. The second-order valence-corrected chi connectivity index (χ2v) is 4.90. The van der Waals surface area contributed by atoms with Crippen LogP contribution >= 0.6 is 0 Å². The van der Waals surface area contributed by atoms with E-state index in [0.29, 0.717) is 11.6 Å². The van der Waals surface area contributed by atoms with E-state index in [1.165, 1.54) is 0 Å². The van der Waals surface area contributed by atoms with Gasteiger partial charge in [0.05, 0.1) is 24.0 Å². The van der Waals surface area contributed by atoms with E-state index in [1.54, 1.807) is 13.4 Å². The number of nitrogens with zero attached hydrogens (tertiary/aromatic N) is 2. The van der Waals surface area contributed by atoms with Gasteiger partial charge < -0.3 is 15.8 Å². The number of fused-ring (bicyclic) bond motifs is 1. The van der Waals surface area contributed by atoms with Crippen molar-refractivity contribution in [1.82, 2.24) is 15.3 Å². The Morgan fingerprint density at radius 1 is 1.26 bits per heavy atom. The molecule has 0 bridgehead atoms. The van der Waals surface area contributed by atoms with Gasteiger partial charge in [0.2, 0.25) is 0 Å². The first-order valence-corrected chi connectivity index (χ1v) is 6.58. The lowest BCUT2D eigenvalue weighted by Crippen LogP contribution is -2.27. The summed E-state index contributed by atoms with van der Waals surface area (Å²) >= 11 is 0. The molecule has 5 heteroatoms. The Hall–Kier alpha value is -1.88. The summed E-state index contributed by atoms with van der Waals surface area (Å²) in [6, 6.07) is 3.80. The number of aromatic nitrogens is 2. The van der Waals surface area contributed by atoms with Crippen LogP contribution in [0.2, 0.25) is 0 Å². The molecule has 5 nitrogen and oxygen atoms in total. The van der Waals surface area contributed by atoms with E-state index in [1.807, 2.05) is 12.1 Å². The van der Waals surface area contributed by atoms with Crippen LogP contribution in [-0.4, -0.2) is 30.2 Å². The van der Waals surface area contributed by atoms with E-state index in [-0.39, 0.29) is 0 Å². The molecule has 1 fully saturated rings. The lowest BCUT2D eigenvalue weighted by Gasteiger charge is -2.23. The first-order valence-electron chi connectivity index (χ1n) is 6.58. The summed E-state index contributed by atoms with van der Waals surface area (Å²) in [4.78, 5) is 8.80. The number of piperidine rings is 1. The van der Waals surface area contributed by atoms with E-state index in [4.69, 9.17) is 10.5 Å². The third kappa shape index (κ3) is 2.21. The number of anilines is 1. The van der Waals surface area contributed by atoms with Crippen LogP contribution in [0, 0.1) is 0 Å². The highest BCUT2D eigenvalue weighted by Gasteiger charge is 2.20. The fraction of sp³-hybridized carbons (Fsp3) is 0.429. The second kappa shape index (κ2) is 5.01. The monoisotopic (exact) mass is 258 g/mol. The average molecular weight is 258 g/mol. The summed E-state index contributed by atoms with van der Waals surface area (Å²) < 4.78 is 5.30. The molecule has 100 valence electrons. The highest BCUT2D eigenvalue weighted by molar-refractivity contribution is 5.92. The van der Waals surface area contributed by atoms with Crippen molar-refractivity contribution in [1.29, 1.82) is 0 Å². The molecule has 19 heavy (non-hydrogen) atoms. The second-order valence-electron chi connectivity index (χ2n) is 4.90. The third-order valence-corrected chi connectivity index (χ3v) is 3.73. The minimum Gasteiger partial charge on any atom is -0.497 e. The fourth-order valence-corrected chi connectivity index (χ4v) is 2.73. The molecule has 0 radical (unpaired) electrons. The number of hydrogen-bond donors (Lipinski definition) is 2. The minimum atomic E-state index is 0.471. The molecule has 1 saturated heterocycles. The molecule has 1 aromatic carbocycles. The lowest BCUT2D eigenvalue weighted by atomic mass is 9.91. The Morgan fingerprint density at radius 3 is 2.79 bits per heavy atom. The SMILES string of the molecule is COc1cc(N)c2ncnc(C3CCNCC3)c2c1. The zero-order valence-electron chi connectivity index (χ0n) is 11.0. The molecule has 0 unspecified atom stereocenters. The molecule has 0 saturated carbocycles. The number of nitrogens with two attached hydrogens (primary N) is 1. The molecular weight excluding hydrogens is 240 g/mol. The maximum Gasteiger partial charge on any atom is 0.121 e. The Kier molecular flexibility index (Phi) is 3.21. The molecular formula is C14H18N4O. The summed E-state index contributed by atoms with van der Waals surface area (Å²) in [5.41, 5.74) is 8.61. The number of ether oxygens (including phenoxy) is 1. The Balaban J connectivity index is 2.15. The van der Waals surface area contributed by atoms with Gasteiger partial charge >= 0.3 is 0 Å². The topological polar surface area (TPSA) is 73.1 Å². The summed E-state index contributed by atoms with van der Waals surface area (Å²) in [5.74, 6) is 1.23. The number of rotatable bonds is 2. The van der Waals surface area contributed by atoms with Gasteiger partial charge in [-0.2, -0.15) is 0 Å². The quantitative estimate of drug-likeness (QED) is 0.802. The van der Waals surface area contributed by atoms with Crippen LogP contribution in [0.4, 0.5) is 5.69 Å². The Morgan fingerprint density at radius 2 is 2.05 bits per heavy atom. The summed E-state index contributed by atoms with van der Waals surface area (Å²) in [7, 11) is 1.65. The normalized spacial score (nSPS) is 16.7. The van der Waals surface area contributed by atoms with Crippen molar-refractivity contribution in [2.75, 3.05) is 25.9 Å². The fourth-order valence-electron chi connectivity index (χ4n) is 2.73. The smallest absolute Gasteiger partial charge is 0.121 e. The largest absolute Gasteiger partial charge is 0.497 e. The molecule has 0 atom stereocenters. The zero-order valence-corrected chi connectivity index (χ0v) is 11.0. The van der Waals surface area contributed by atoms with Crippen LogP contribution in [0.15, 0.2) is 18.5 Å². The van der Waals surface area contributed by atoms with Crippen LogP contribution < -0.4 is 15.8 Å². The van der Waals surface area contributed by atoms with Gasteiger partial charge in [0.15, 0.2) is 0 Å². The number of hydrogen-bond acceptors (Lipinski definition) is 5. The van der Waals surface area contributed by atoms with Crippen molar-refractivity contribution in [2.24, 2.45) is 0 Å². The van der Waals surface area contributed by atoms with E-state index in [9.17, 15) is 0 Å². The average Bonchev–Trinajstić information content (AvgIpc) is 2.47. The molecule has 1 aliphatic rings. The molecule has 3 rings (SSSR count). The standard InChI is InChI=1S/C14H18N4O/c1-19-10-6-11-13(9-2-4-16-5-3-9)17-8-18-14(11)12(15)7-10/h6-9,16H,2-5,15H2,1H3. The minimum absolute atomic E-state index is 0.471. The molecule has 2 aromatic rings. The molecule has 0 amide bonds. The van der Waals surface area contributed by atoms with Gasteiger partial charge in [0.1, 0.15) is 12.1 Å². The van der Waals surface area contributed by atoms with Gasteiger partial charge in [-0.05, 0) is 32.0 Å². The Labute approximate surface area is 112 Å². The summed E-state index contributed by atoms with van der Waals surface area (Å²) in [6.45, 7) is 2.07. The van der Waals surface area contributed by atoms with E-state index in [2.05, 4.69) is 15.3 Å². The van der Waals surface area contributed by atoms with Crippen LogP contribution in [-0.2, 0) is 0 Å². The van der Waals surface area contributed by atoms with Gasteiger partial charge in [0, 0.05) is 17.4 Å². The van der Waals surface area contributed by atoms with Crippen molar-refractivity contribution in [3.8, 4) is 5.75 Å². The third-order valence-electron chi connectivity index (χ3n) is 3.73. The van der Waals surface area contributed by atoms with Crippen LogP contribution in [0.1, 0.15) is 24.5 Å². The van der Waals surface area contributed by atoms with Crippen molar-refractivity contribution >= 4 is 16.6 Å².